The number of amides is 1. The Hall–Kier alpha value is -2.34. The molecule has 1 N–H and O–H groups in total. The van der Waals surface area contributed by atoms with Gasteiger partial charge in [-0.15, -0.1) is 11.3 Å². The molecular weight excluding hydrogens is 314 g/mol. The lowest BCUT2D eigenvalue weighted by Crippen LogP contribution is -2.32. The number of rotatable bonds is 6. The molecule has 1 saturated carbocycles. The summed E-state index contributed by atoms with van der Waals surface area (Å²) in [5, 5.41) is 11.0. The molecule has 0 spiro atoms. The zero-order valence-corrected chi connectivity index (χ0v) is 13.5. The summed E-state index contributed by atoms with van der Waals surface area (Å²) in [6.07, 6.45) is 0.422. The largest absolute Gasteiger partial charge is 0.497 e. The molecule has 23 heavy (non-hydrogen) atoms. The minimum atomic E-state index is -0.894. The smallest absolute Gasteiger partial charge is 0.307 e. The zero-order chi connectivity index (χ0) is 16.4. The molecule has 1 aliphatic rings. The molecule has 0 bridgehead atoms. The van der Waals surface area contributed by atoms with Crippen molar-refractivity contribution in [3.05, 3.63) is 46.7 Å². The van der Waals surface area contributed by atoms with Gasteiger partial charge in [0.1, 0.15) is 5.75 Å². The number of thiophene rings is 1. The van der Waals surface area contributed by atoms with Gasteiger partial charge in [0.05, 0.1) is 25.5 Å². The van der Waals surface area contributed by atoms with Gasteiger partial charge in [-0.25, -0.2) is 0 Å². The number of benzene rings is 1. The van der Waals surface area contributed by atoms with Crippen LogP contribution in [0.4, 0.5) is 5.69 Å². The van der Waals surface area contributed by atoms with E-state index >= 15 is 0 Å². The summed E-state index contributed by atoms with van der Waals surface area (Å²) in [7, 11) is 1.59. The number of carboxylic acids is 1. The van der Waals surface area contributed by atoms with Gasteiger partial charge in [-0.3, -0.25) is 9.59 Å². The second-order valence-electron chi connectivity index (χ2n) is 5.49. The fraction of sp³-hybridized carbons (Fsp3) is 0.294. The first-order valence-corrected chi connectivity index (χ1v) is 8.18. The van der Waals surface area contributed by atoms with Crippen molar-refractivity contribution in [1.29, 1.82) is 0 Å². The molecule has 0 saturated heterocycles. The summed E-state index contributed by atoms with van der Waals surface area (Å²) in [6.45, 7) is 0.450. The molecule has 1 aromatic heterocycles. The SMILES string of the molecule is COc1ccc(N(Cc2cccs2)C(=O)[C@H]2C[C@@H]2C(=O)O)cc1. The van der Waals surface area contributed by atoms with Gasteiger partial charge in [0.2, 0.25) is 5.91 Å². The molecule has 120 valence electrons. The highest BCUT2D eigenvalue weighted by atomic mass is 32.1. The van der Waals surface area contributed by atoms with Gasteiger partial charge in [-0.05, 0) is 42.1 Å². The summed E-state index contributed by atoms with van der Waals surface area (Å²) in [4.78, 5) is 26.5. The van der Waals surface area contributed by atoms with Crippen LogP contribution in [0.2, 0.25) is 0 Å². The van der Waals surface area contributed by atoms with Crippen molar-refractivity contribution in [2.24, 2.45) is 11.8 Å². The van der Waals surface area contributed by atoms with E-state index in [-0.39, 0.29) is 5.91 Å². The molecule has 3 rings (SSSR count). The number of anilines is 1. The van der Waals surface area contributed by atoms with Crippen LogP contribution in [0.5, 0.6) is 5.75 Å². The van der Waals surface area contributed by atoms with Crippen LogP contribution in [0.15, 0.2) is 41.8 Å². The Morgan fingerprint density at radius 3 is 2.52 bits per heavy atom. The molecule has 0 aliphatic heterocycles. The van der Waals surface area contributed by atoms with Gasteiger partial charge in [0.25, 0.3) is 0 Å². The first kappa shape index (κ1) is 15.6. The van der Waals surface area contributed by atoms with E-state index < -0.39 is 17.8 Å². The van der Waals surface area contributed by atoms with Crippen molar-refractivity contribution >= 4 is 28.9 Å². The Kier molecular flexibility index (Phi) is 4.34. The maximum Gasteiger partial charge on any atom is 0.307 e. The highest BCUT2D eigenvalue weighted by Gasteiger charge is 2.50. The van der Waals surface area contributed by atoms with Crippen molar-refractivity contribution < 1.29 is 19.4 Å². The molecule has 1 heterocycles. The number of carbonyl (C=O) groups excluding carboxylic acids is 1. The predicted molar refractivity (Wildman–Crippen MR) is 87.7 cm³/mol. The van der Waals surface area contributed by atoms with Crippen LogP contribution in [0.3, 0.4) is 0 Å². The van der Waals surface area contributed by atoms with Crippen LogP contribution in [0, 0.1) is 11.8 Å². The summed E-state index contributed by atoms with van der Waals surface area (Å²) in [6, 6.07) is 11.1. The van der Waals surface area contributed by atoms with Gasteiger partial charge in [0.15, 0.2) is 0 Å². The van der Waals surface area contributed by atoms with E-state index in [2.05, 4.69) is 0 Å². The van der Waals surface area contributed by atoms with Crippen LogP contribution >= 0.6 is 11.3 Å². The molecule has 0 unspecified atom stereocenters. The molecule has 1 fully saturated rings. The van der Waals surface area contributed by atoms with E-state index in [1.807, 2.05) is 29.6 Å². The fourth-order valence-corrected chi connectivity index (χ4v) is 3.25. The summed E-state index contributed by atoms with van der Waals surface area (Å²) >= 11 is 1.58. The lowest BCUT2D eigenvalue weighted by Gasteiger charge is -2.22. The second-order valence-corrected chi connectivity index (χ2v) is 6.52. The number of methoxy groups -OCH3 is 1. The number of carboxylic acid groups (broad SMARTS) is 1. The fourth-order valence-electron chi connectivity index (χ4n) is 2.56. The van der Waals surface area contributed by atoms with E-state index in [0.29, 0.717) is 18.7 Å². The zero-order valence-electron chi connectivity index (χ0n) is 12.6. The van der Waals surface area contributed by atoms with Crippen molar-refractivity contribution in [3.8, 4) is 5.75 Å². The van der Waals surface area contributed by atoms with E-state index in [4.69, 9.17) is 9.84 Å². The maximum atomic E-state index is 12.7. The van der Waals surface area contributed by atoms with E-state index in [9.17, 15) is 9.59 Å². The van der Waals surface area contributed by atoms with E-state index in [1.165, 1.54) is 0 Å². The normalized spacial score (nSPS) is 19.2. The molecule has 2 atom stereocenters. The third kappa shape index (κ3) is 3.37. The van der Waals surface area contributed by atoms with Crippen LogP contribution < -0.4 is 9.64 Å². The van der Waals surface area contributed by atoms with Gasteiger partial charge in [-0.1, -0.05) is 6.07 Å². The Balaban J connectivity index is 1.84. The van der Waals surface area contributed by atoms with Gasteiger partial charge in [-0.2, -0.15) is 0 Å². The van der Waals surface area contributed by atoms with Crippen LogP contribution in [0.25, 0.3) is 0 Å². The number of ether oxygens (including phenoxy) is 1. The minimum Gasteiger partial charge on any atom is -0.497 e. The molecule has 2 aromatic rings. The summed E-state index contributed by atoms with van der Waals surface area (Å²) in [5.41, 5.74) is 0.750. The number of hydrogen-bond donors (Lipinski definition) is 1. The van der Waals surface area contributed by atoms with E-state index in [1.54, 1.807) is 35.5 Å². The van der Waals surface area contributed by atoms with Gasteiger partial charge < -0.3 is 14.7 Å². The lowest BCUT2D eigenvalue weighted by atomic mass is 10.2. The third-order valence-corrected chi connectivity index (χ3v) is 4.83. The summed E-state index contributed by atoms with van der Waals surface area (Å²) in [5.74, 6) is -1.28. The average Bonchev–Trinajstić information content (AvgIpc) is 3.21. The average molecular weight is 331 g/mol. The van der Waals surface area contributed by atoms with Crippen molar-refractivity contribution in [2.75, 3.05) is 12.0 Å². The van der Waals surface area contributed by atoms with E-state index in [0.717, 1.165) is 10.6 Å². The molecule has 1 aromatic carbocycles. The number of carbonyl (C=O) groups is 2. The molecule has 1 aliphatic carbocycles. The Bertz CT molecular complexity index is 696. The number of hydrogen-bond acceptors (Lipinski definition) is 4. The van der Waals surface area contributed by atoms with Crippen molar-refractivity contribution in [2.45, 2.75) is 13.0 Å². The highest BCUT2D eigenvalue weighted by Crippen LogP contribution is 2.41. The highest BCUT2D eigenvalue weighted by molar-refractivity contribution is 7.09. The van der Waals surface area contributed by atoms with Crippen molar-refractivity contribution in [1.82, 2.24) is 0 Å². The Morgan fingerprint density at radius 2 is 2.00 bits per heavy atom. The molecule has 5 nitrogen and oxygen atoms in total. The number of nitrogens with zero attached hydrogens (tertiary/aromatic N) is 1. The second kappa shape index (κ2) is 6.42. The first-order valence-electron chi connectivity index (χ1n) is 7.30. The Morgan fingerprint density at radius 1 is 1.26 bits per heavy atom. The van der Waals surface area contributed by atoms with Gasteiger partial charge >= 0.3 is 5.97 Å². The Labute approximate surface area is 138 Å². The molecular formula is C17H17NO4S. The quantitative estimate of drug-likeness (QED) is 0.883. The lowest BCUT2D eigenvalue weighted by molar-refractivity contribution is -0.140. The van der Waals surface area contributed by atoms with Crippen LogP contribution in [-0.2, 0) is 16.1 Å². The molecule has 6 heteroatoms. The minimum absolute atomic E-state index is 0.129. The number of aliphatic carboxylic acids is 1. The third-order valence-electron chi connectivity index (χ3n) is 3.97. The topological polar surface area (TPSA) is 66.8 Å². The van der Waals surface area contributed by atoms with Crippen LogP contribution in [0.1, 0.15) is 11.3 Å². The summed E-state index contributed by atoms with van der Waals surface area (Å²) < 4.78 is 5.14. The molecule has 1 amide bonds. The maximum absolute atomic E-state index is 12.7. The van der Waals surface area contributed by atoms with Crippen LogP contribution in [-0.4, -0.2) is 24.1 Å². The monoisotopic (exact) mass is 331 g/mol. The first-order chi connectivity index (χ1) is 11.1. The molecule has 0 radical (unpaired) electrons. The van der Waals surface area contributed by atoms with Gasteiger partial charge in [0, 0.05) is 10.6 Å². The standard InChI is InChI=1S/C17H17NO4S/c1-22-12-6-4-11(5-7-12)18(10-13-3-2-8-23-13)16(19)14-9-15(14)17(20)21/h2-8,14-15H,9-10H2,1H3,(H,20,21)/t14-,15-/m0/s1. The van der Waals surface area contributed by atoms with Crippen molar-refractivity contribution in [3.63, 3.8) is 0 Å². The predicted octanol–water partition coefficient (Wildman–Crippen LogP) is 3.01.